The molecule has 0 saturated heterocycles. The lowest BCUT2D eigenvalue weighted by molar-refractivity contribution is -0.117. The van der Waals surface area contributed by atoms with Crippen LogP contribution < -0.4 is 11.1 Å². The van der Waals surface area contributed by atoms with Crippen LogP contribution in [0.5, 0.6) is 5.75 Å². The van der Waals surface area contributed by atoms with Crippen molar-refractivity contribution in [1.29, 1.82) is 0 Å². The van der Waals surface area contributed by atoms with Gasteiger partial charge in [0.15, 0.2) is 0 Å². The number of carbonyl (C=O) groups excluding carboxylic acids is 1. The van der Waals surface area contributed by atoms with Crippen LogP contribution in [-0.4, -0.2) is 17.1 Å². The normalized spacial score (nSPS) is 38.2. The van der Waals surface area contributed by atoms with E-state index in [4.69, 9.17) is 5.73 Å². The van der Waals surface area contributed by atoms with Crippen LogP contribution in [0.4, 0.5) is 5.69 Å². The first kappa shape index (κ1) is 30.5. The summed E-state index contributed by atoms with van der Waals surface area (Å²) < 4.78 is 0. The van der Waals surface area contributed by atoms with Gasteiger partial charge in [-0.3, -0.25) is 4.79 Å². The molecule has 0 heterocycles. The molecule has 220 valence electrons. The summed E-state index contributed by atoms with van der Waals surface area (Å²) in [6, 6.07) is 4.98. The van der Waals surface area contributed by atoms with Gasteiger partial charge in [-0.1, -0.05) is 53.9 Å². The lowest BCUT2D eigenvalue weighted by Gasteiger charge is -2.61. The van der Waals surface area contributed by atoms with Gasteiger partial charge in [0.25, 0.3) is 5.91 Å². The summed E-state index contributed by atoms with van der Waals surface area (Å²) in [5, 5.41) is 13.5. The van der Waals surface area contributed by atoms with Crippen LogP contribution in [0, 0.1) is 52.3 Å². The van der Waals surface area contributed by atoms with Crippen molar-refractivity contribution in [3.8, 4) is 5.75 Å². The number of fused-ring (bicyclic) bond motifs is 5. The highest BCUT2D eigenvalue weighted by molar-refractivity contribution is 5.97. The van der Waals surface area contributed by atoms with Crippen molar-refractivity contribution in [1.82, 2.24) is 5.32 Å². The first-order chi connectivity index (χ1) is 18.0. The molecule has 4 aliphatic rings. The molecule has 1 unspecified atom stereocenters. The zero-order chi connectivity index (χ0) is 27.2. The summed E-state index contributed by atoms with van der Waals surface area (Å²) in [7, 11) is 0. The van der Waals surface area contributed by atoms with Crippen molar-refractivity contribution in [2.45, 2.75) is 118 Å². The Balaban J connectivity index is 0.00000353. The number of halogens is 1. The number of nitrogens with one attached hydrogen (secondary N) is 1. The quantitative estimate of drug-likeness (QED) is 0.293. The Labute approximate surface area is 244 Å². The van der Waals surface area contributed by atoms with Crippen molar-refractivity contribution in [2.75, 3.05) is 5.73 Å². The van der Waals surface area contributed by atoms with Crippen LogP contribution in [0.15, 0.2) is 18.2 Å². The van der Waals surface area contributed by atoms with E-state index in [0.29, 0.717) is 28.0 Å². The van der Waals surface area contributed by atoms with Crippen LogP contribution in [0.3, 0.4) is 0 Å². The van der Waals surface area contributed by atoms with Crippen LogP contribution in [-0.2, 0) is 0 Å². The lowest BCUT2D eigenvalue weighted by atomic mass is 9.44. The molecule has 9 atom stereocenters. The van der Waals surface area contributed by atoms with Gasteiger partial charge in [0.1, 0.15) is 5.75 Å². The Morgan fingerprint density at radius 1 is 1.00 bits per heavy atom. The molecule has 5 heteroatoms. The van der Waals surface area contributed by atoms with E-state index in [9.17, 15) is 9.90 Å². The van der Waals surface area contributed by atoms with Crippen molar-refractivity contribution in [2.24, 2.45) is 52.3 Å². The number of amides is 1. The number of phenolic OH excluding ortho intramolecular Hbond substituents is 1. The molecule has 0 spiro atoms. The van der Waals surface area contributed by atoms with E-state index in [1.165, 1.54) is 70.3 Å². The molecule has 4 nitrogen and oxygen atoms in total. The molecule has 4 aliphatic carbocycles. The SMILES string of the molecule is CC(C)CCC[C@@H](C)[C@H]1CC[C@H]2[C@@H]3CCC4C[C@H](NC(=O)c5ccc(N)cc5O)CC[C@]4(C)[C@H]3CC[C@]12C.Cl. The van der Waals surface area contributed by atoms with Gasteiger partial charge in [0.05, 0.1) is 5.56 Å². The van der Waals surface area contributed by atoms with Gasteiger partial charge >= 0.3 is 0 Å². The third kappa shape index (κ3) is 5.70. The minimum atomic E-state index is -0.169. The van der Waals surface area contributed by atoms with Crippen molar-refractivity contribution < 1.29 is 9.90 Å². The first-order valence-electron chi connectivity index (χ1n) is 15.9. The molecule has 0 aromatic heterocycles. The van der Waals surface area contributed by atoms with Crippen molar-refractivity contribution >= 4 is 24.0 Å². The number of aromatic hydroxyl groups is 1. The lowest BCUT2D eigenvalue weighted by Crippen LogP contribution is -2.55. The van der Waals surface area contributed by atoms with Crippen LogP contribution in [0.2, 0.25) is 0 Å². The van der Waals surface area contributed by atoms with E-state index in [1.807, 2.05) is 0 Å². The maximum Gasteiger partial charge on any atom is 0.255 e. The fraction of sp³-hybridized carbons (Fsp3) is 0.794. The average Bonchev–Trinajstić information content (AvgIpc) is 3.21. The number of carbonyl (C=O) groups is 1. The fourth-order valence-electron chi connectivity index (χ4n) is 10.4. The first-order valence-corrected chi connectivity index (χ1v) is 15.9. The molecule has 4 N–H and O–H groups in total. The molecular formula is C34H55ClN2O2. The predicted molar refractivity (Wildman–Crippen MR) is 164 cm³/mol. The Morgan fingerprint density at radius 3 is 2.44 bits per heavy atom. The minimum Gasteiger partial charge on any atom is -0.507 e. The highest BCUT2D eigenvalue weighted by Gasteiger charge is 2.60. The maximum atomic E-state index is 12.9. The molecule has 1 amide bonds. The number of anilines is 1. The summed E-state index contributed by atoms with van der Waals surface area (Å²) in [6.07, 6.45) is 16.0. The zero-order valence-electron chi connectivity index (χ0n) is 25.2. The molecule has 0 radical (unpaired) electrons. The predicted octanol–water partition coefficient (Wildman–Crippen LogP) is 8.62. The number of rotatable bonds is 7. The molecular weight excluding hydrogens is 504 g/mol. The smallest absolute Gasteiger partial charge is 0.255 e. The Bertz CT molecular complexity index is 1010. The Morgan fingerprint density at radius 2 is 1.72 bits per heavy atom. The number of nitrogen functional groups attached to an aromatic ring is 1. The molecule has 4 fully saturated rings. The second-order valence-corrected chi connectivity index (χ2v) is 14.9. The van der Waals surface area contributed by atoms with Crippen molar-refractivity contribution in [3.05, 3.63) is 23.8 Å². The molecule has 0 aliphatic heterocycles. The summed E-state index contributed by atoms with van der Waals surface area (Å²) in [5.74, 6) is 5.78. The monoisotopic (exact) mass is 558 g/mol. The van der Waals surface area contributed by atoms with Gasteiger partial charge < -0.3 is 16.2 Å². The number of phenols is 1. The number of nitrogens with two attached hydrogens (primary N) is 1. The molecule has 39 heavy (non-hydrogen) atoms. The van der Waals surface area contributed by atoms with E-state index in [2.05, 4.69) is 39.9 Å². The number of benzene rings is 1. The largest absolute Gasteiger partial charge is 0.507 e. The van der Waals surface area contributed by atoms with Gasteiger partial charge in [-0.25, -0.2) is 0 Å². The molecule has 5 rings (SSSR count). The van der Waals surface area contributed by atoms with E-state index < -0.39 is 0 Å². The van der Waals surface area contributed by atoms with Gasteiger partial charge in [-0.05, 0) is 122 Å². The molecule has 1 aromatic carbocycles. The summed E-state index contributed by atoms with van der Waals surface area (Å²) in [5.41, 5.74) is 7.52. The summed E-state index contributed by atoms with van der Waals surface area (Å²) in [6.45, 7) is 12.6. The molecule has 0 bridgehead atoms. The van der Waals surface area contributed by atoms with Gasteiger partial charge in [-0.2, -0.15) is 0 Å². The van der Waals surface area contributed by atoms with Crippen LogP contribution in [0.25, 0.3) is 0 Å². The van der Waals surface area contributed by atoms with Gasteiger partial charge in [0.2, 0.25) is 0 Å². The second kappa shape index (κ2) is 11.8. The Hall–Kier alpha value is -1.42. The van der Waals surface area contributed by atoms with E-state index in [1.54, 1.807) is 12.1 Å². The minimum absolute atomic E-state index is 0. The standard InChI is InChI=1S/C34H54N2O2.ClH/c1-21(2)7-6-8-22(3)28-13-14-29-26-11-9-23-19-25(36-32(38)27-12-10-24(35)20-31(27)37)15-17-33(23,4)30(26)16-18-34(28,29)5;/h10,12,20-23,25-26,28-30,37H,6-9,11,13-19,35H2,1-5H3,(H,36,38);1H/t22-,23?,25-,26+,28-,29+,30+,33+,34-;/m1./s1. The third-order valence-electron chi connectivity index (χ3n) is 12.5. The topological polar surface area (TPSA) is 75.4 Å². The molecule has 4 saturated carbocycles. The number of hydrogen-bond acceptors (Lipinski definition) is 3. The highest BCUT2D eigenvalue weighted by atomic mass is 35.5. The van der Waals surface area contributed by atoms with E-state index >= 15 is 0 Å². The third-order valence-corrected chi connectivity index (χ3v) is 12.5. The Kier molecular flexibility index (Phi) is 9.26. The summed E-state index contributed by atoms with van der Waals surface area (Å²) >= 11 is 0. The average molecular weight is 559 g/mol. The fourth-order valence-corrected chi connectivity index (χ4v) is 10.4. The number of hydrogen-bond donors (Lipinski definition) is 3. The summed E-state index contributed by atoms with van der Waals surface area (Å²) in [4.78, 5) is 12.9. The van der Waals surface area contributed by atoms with Crippen LogP contribution in [0.1, 0.15) is 122 Å². The second-order valence-electron chi connectivity index (χ2n) is 14.9. The van der Waals surface area contributed by atoms with Crippen LogP contribution >= 0.6 is 12.4 Å². The zero-order valence-corrected chi connectivity index (χ0v) is 26.0. The van der Waals surface area contributed by atoms with Gasteiger partial charge in [0, 0.05) is 17.8 Å². The van der Waals surface area contributed by atoms with Gasteiger partial charge in [-0.15, -0.1) is 12.4 Å². The maximum absolute atomic E-state index is 12.9. The van der Waals surface area contributed by atoms with E-state index in [0.717, 1.165) is 48.3 Å². The van der Waals surface area contributed by atoms with Crippen molar-refractivity contribution in [3.63, 3.8) is 0 Å². The van der Waals surface area contributed by atoms with E-state index in [-0.39, 0.29) is 30.1 Å². The molecule has 1 aromatic rings. The highest BCUT2D eigenvalue weighted by Crippen LogP contribution is 2.68.